The molecule has 2 rings (SSSR count). The van der Waals surface area contributed by atoms with E-state index in [9.17, 15) is 0 Å². The second-order valence-electron chi connectivity index (χ2n) is 4.17. The summed E-state index contributed by atoms with van der Waals surface area (Å²) in [5.74, 6) is 1.79. The Morgan fingerprint density at radius 3 is 2.79 bits per heavy atom. The molecule has 2 unspecified atom stereocenters. The Morgan fingerprint density at radius 1 is 1.50 bits per heavy atom. The lowest BCUT2D eigenvalue weighted by Gasteiger charge is -2.15. The van der Waals surface area contributed by atoms with Crippen molar-refractivity contribution in [3.8, 4) is 5.75 Å². The number of rotatable bonds is 3. The Hall–Kier alpha value is -0.500. The lowest BCUT2D eigenvalue weighted by atomic mass is 9.95. The molecular weight excluding hydrogens is 240 g/mol. The summed E-state index contributed by atoms with van der Waals surface area (Å²) in [4.78, 5) is 0. The Morgan fingerprint density at radius 2 is 2.21 bits per heavy atom. The van der Waals surface area contributed by atoms with Crippen LogP contribution in [0.2, 0.25) is 0 Å². The molecule has 2 heteroatoms. The zero-order valence-corrected chi connectivity index (χ0v) is 10.2. The van der Waals surface area contributed by atoms with Gasteiger partial charge in [0.15, 0.2) is 0 Å². The van der Waals surface area contributed by atoms with Crippen LogP contribution in [0.1, 0.15) is 18.9 Å². The van der Waals surface area contributed by atoms with Gasteiger partial charge >= 0.3 is 0 Å². The van der Waals surface area contributed by atoms with E-state index in [0.717, 1.165) is 17.0 Å². The molecule has 1 aliphatic rings. The van der Waals surface area contributed by atoms with Crippen molar-refractivity contribution >= 4 is 15.9 Å². The lowest BCUT2D eigenvalue weighted by Crippen LogP contribution is -2.07. The van der Waals surface area contributed by atoms with Crippen LogP contribution in [0.5, 0.6) is 5.75 Å². The summed E-state index contributed by atoms with van der Waals surface area (Å²) in [5.41, 5.74) is 1.68. The minimum Gasteiger partial charge on any atom is -0.496 e. The predicted octanol–water partition coefficient (Wildman–Crippen LogP) is 3.37. The molecule has 1 aromatic rings. The normalized spacial score (nSPS) is 30.1. The van der Waals surface area contributed by atoms with Gasteiger partial charge in [-0.1, -0.05) is 41.1 Å². The van der Waals surface area contributed by atoms with Gasteiger partial charge in [-0.15, -0.1) is 0 Å². The SMILES string of the molecule is COc1ccccc1C1(C)CC1CBr. The van der Waals surface area contributed by atoms with Crippen molar-refractivity contribution in [3.05, 3.63) is 29.8 Å². The standard InChI is InChI=1S/C12H15BrO/c1-12(7-9(12)8-13)10-5-3-4-6-11(10)14-2/h3-6,9H,7-8H2,1-2H3. The number of halogens is 1. The molecule has 0 bridgehead atoms. The number of hydrogen-bond acceptors (Lipinski definition) is 1. The molecule has 2 atom stereocenters. The van der Waals surface area contributed by atoms with E-state index in [1.165, 1.54) is 12.0 Å². The van der Waals surface area contributed by atoms with Crippen molar-refractivity contribution in [2.75, 3.05) is 12.4 Å². The molecule has 0 aliphatic heterocycles. The van der Waals surface area contributed by atoms with Crippen LogP contribution in [0.25, 0.3) is 0 Å². The minimum absolute atomic E-state index is 0.329. The fourth-order valence-corrected chi connectivity index (χ4v) is 3.07. The summed E-state index contributed by atoms with van der Waals surface area (Å²) in [6.07, 6.45) is 1.26. The Bertz CT molecular complexity index is 337. The number of hydrogen-bond donors (Lipinski definition) is 0. The molecule has 1 nitrogen and oxygen atoms in total. The molecule has 14 heavy (non-hydrogen) atoms. The summed E-state index contributed by atoms with van der Waals surface area (Å²) < 4.78 is 5.39. The van der Waals surface area contributed by atoms with Crippen molar-refractivity contribution in [2.45, 2.75) is 18.8 Å². The lowest BCUT2D eigenvalue weighted by molar-refractivity contribution is 0.404. The molecule has 0 amide bonds. The third-order valence-electron chi connectivity index (χ3n) is 3.32. The highest BCUT2D eigenvalue weighted by molar-refractivity contribution is 9.09. The molecule has 1 saturated carbocycles. The highest BCUT2D eigenvalue weighted by Crippen LogP contribution is 2.56. The number of benzene rings is 1. The van der Waals surface area contributed by atoms with Crippen LogP contribution in [0.3, 0.4) is 0 Å². The van der Waals surface area contributed by atoms with E-state index < -0.39 is 0 Å². The van der Waals surface area contributed by atoms with Crippen molar-refractivity contribution in [1.82, 2.24) is 0 Å². The first kappa shape index (κ1) is 10.0. The average Bonchev–Trinajstić information content (AvgIpc) is 2.91. The van der Waals surface area contributed by atoms with Crippen molar-refractivity contribution in [2.24, 2.45) is 5.92 Å². The van der Waals surface area contributed by atoms with E-state index in [1.54, 1.807) is 7.11 Å². The van der Waals surface area contributed by atoms with Gasteiger partial charge in [-0.3, -0.25) is 0 Å². The van der Waals surface area contributed by atoms with Crippen LogP contribution in [0.15, 0.2) is 24.3 Å². The molecule has 0 N–H and O–H groups in total. The van der Waals surface area contributed by atoms with E-state index in [4.69, 9.17) is 4.74 Å². The van der Waals surface area contributed by atoms with E-state index in [2.05, 4.69) is 35.0 Å². The van der Waals surface area contributed by atoms with Gasteiger partial charge in [0.05, 0.1) is 7.11 Å². The number of para-hydroxylation sites is 1. The summed E-state index contributed by atoms with van der Waals surface area (Å²) in [6.45, 7) is 2.32. The van der Waals surface area contributed by atoms with Gasteiger partial charge in [-0.2, -0.15) is 0 Å². The van der Waals surface area contributed by atoms with Gasteiger partial charge < -0.3 is 4.74 Å². The minimum atomic E-state index is 0.329. The van der Waals surface area contributed by atoms with Crippen LogP contribution in [0.4, 0.5) is 0 Å². The summed E-state index contributed by atoms with van der Waals surface area (Å²) in [7, 11) is 1.74. The Labute approximate surface area is 93.6 Å². The summed E-state index contributed by atoms with van der Waals surface area (Å²) >= 11 is 3.55. The zero-order chi connectivity index (χ0) is 10.2. The van der Waals surface area contributed by atoms with E-state index >= 15 is 0 Å². The monoisotopic (exact) mass is 254 g/mol. The molecule has 76 valence electrons. The van der Waals surface area contributed by atoms with Crippen molar-refractivity contribution in [3.63, 3.8) is 0 Å². The zero-order valence-electron chi connectivity index (χ0n) is 8.59. The van der Waals surface area contributed by atoms with E-state index in [1.807, 2.05) is 12.1 Å². The maximum Gasteiger partial charge on any atom is 0.122 e. The third-order valence-corrected chi connectivity index (χ3v) is 4.10. The Kier molecular flexibility index (Phi) is 2.56. The molecule has 0 saturated heterocycles. The predicted molar refractivity (Wildman–Crippen MR) is 62.2 cm³/mol. The van der Waals surface area contributed by atoms with Crippen LogP contribution in [-0.4, -0.2) is 12.4 Å². The smallest absolute Gasteiger partial charge is 0.122 e. The van der Waals surface area contributed by atoms with Crippen LogP contribution >= 0.6 is 15.9 Å². The maximum absolute atomic E-state index is 5.39. The van der Waals surface area contributed by atoms with Gasteiger partial charge in [0.25, 0.3) is 0 Å². The molecule has 1 fully saturated rings. The number of methoxy groups -OCH3 is 1. The first-order valence-electron chi connectivity index (χ1n) is 4.92. The summed E-state index contributed by atoms with van der Waals surface area (Å²) in [6, 6.07) is 8.34. The highest BCUT2D eigenvalue weighted by Gasteiger charge is 2.51. The van der Waals surface area contributed by atoms with E-state index in [0.29, 0.717) is 5.41 Å². The molecule has 0 aromatic heterocycles. The van der Waals surface area contributed by atoms with Gasteiger partial charge in [0.1, 0.15) is 5.75 Å². The Balaban J connectivity index is 2.33. The van der Waals surface area contributed by atoms with Gasteiger partial charge in [0, 0.05) is 16.3 Å². The number of alkyl halides is 1. The van der Waals surface area contributed by atoms with Gasteiger partial charge in [-0.05, 0) is 18.4 Å². The third kappa shape index (κ3) is 1.46. The molecular formula is C12H15BrO. The van der Waals surface area contributed by atoms with Gasteiger partial charge in [0.2, 0.25) is 0 Å². The van der Waals surface area contributed by atoms with Crippen molar-refractivity contribution in [1.29, 1.82) is 0 Å². The van der Waals surface area contributed by atoms with Crippen LogP contribution < -0.4 is 4.74 Å². The average molecular weight is 255 g/mol. The van der Waals surface area contributed by atoms with Crippen LogP contribution in [0, 0.1) is 5.92 Å². The fraction of sp³-hybridized carbons (Fsp3) is 0.500. The van der Waals surface area contributed by atoms with E-state index in [-0.39, 0.29) is 0 Å². The topological polar surface area (TPSA) is 9.23 Å². The molecule has 1 aromatic carbocycles. The number of ether oxygens (including phenoxy) is 1. The molecule has 0 radical (unpaired) electrons. The van der Waals surface area contributed by atoms with Crippen molar-refractivity contribution < 1.29 is 4.74 Å². The first-order chi connectivity index (χ1) is 6.72. The first-order valence-corrected chi connectivity index (χ1v) is 6.04. The maximum atomic E-state index is 5.39. The second kappa shape index (κ2) is 3.58. The molecule has 1 aliphatic carbocycles. The summed E-state index contributed by atoms with van der Waals surface area (Å²) in [5, 5.41) is 1.08. The highest BCUT2D eigenvalue weighted by atomic mass is 79.9. The quantitative estimate of drug-likeness (QED) is 0.752. The molecule has 0 heterocycles. The van der Waals surface area contributed by atoms with Crippen LogP contribution in [-0.2, 0) is 5.41 Å². The largest absolute Gasteiger partial charge is 0.496 e. The molecule has 0 spiro atoms. The second-order valence-corrected chi connectivity index (χ2v) is 4.82. The fourth-order valence-electron chi connectivity index (χ4n) is 2.12. The van der Waals surface area contributed by atoms with Gasteiger partial charge in [-0.25, -0.2) is 0 Å².